The number of nitrogens with zero attached hydrogens (tertiary/aromatic N) is 6. The van der Waals surface area contributed by atoms with E-state index in [9.17, 15) is 27.7 Å². The van der Waals surface area contributed by atoms with Crippen LogP contribution in [0.15, 0.2) is 51.9 Å². The van der Waals surface area contributed by atoms with Crippen molar-refractivity contribution in [1.82, 2.24) is 29.5 Å². The molecule has 16 heteroatoms. The first-order valence-corrected chi connectivity index (χ1v) is 16.3. The lowest BCUT2D eigenvalue weighted by molar-refractivity contribution is -0.387. The van der Waals surface area contributed by atoms with Gasteiger partial charge in [-0.05, 0) is 63.2 Å². The quantitative estimate of drug-likeness (QED) is 0.124. The zero-order valence-corrected chi connectivity index (χ0v) is 27.0. The largest absolute Gasteiger partial charge is 0.444 e. The van der Waals surface area contributed by atoms with E-state index in [0.29, 0.717) is 23.9 Å². The Bertz CT molecular complexity index is 1860. The number of halogens is 1. The van der Waals surface area contributed by atoms with Crippen LogP contribution in [-0.4, -0.2) is 68.4 Å². The zero-order valence-electron chi connectivity index (χ0n) is 26.1. The fraction of sp³-hybridized carbons (Fsp3) is 0.467. The standard InChI is InChI=1S/C30H36FN7O7S/c1-18(2)25-21-10-8-11-22(31)26(21)37(34-25)28-33-27(45-35-28)19-16-20(17-19)36(15-9-14-32-29(39)44-30(3,4)5)46(42,43)24-13-7-6-12-23(24)38(40)41/h6-8,10-13,18-20H,9,14-17H2,1-5H3,(H,32,39). The van der Waals surface area contributed by atoms with Crippen LogP contribution in [0, 0.1) is 15.9 Å². The number of amides is 1. The van der Waals surface area contributed by atoms with E-state index >= 15 is 0 Å². The lowest BCUT2D eigenvalue weighted by Crippen LogP contribution is -2.48. The molecule has 14 nitrogen and oxygen atoms in total. The van der Waals surface area contributed by atoms with E-state index in [1.165, 1.54) is 33.3 Å². The van der Waals surface area contributed by atoms with Crippen molar-refractivity contribution in [1.29, 1.82) is 0 Å². The Morgan fingerprint density at radius 3 is 2.61 bits per heavy atom. The Hall–Kier alpha value is -4.44. The molecule has 1 fully saturated rings. The van der Waals surface area contributed by atoms with E-state index in [1.807, 2.05) is 13.8 Å². The highest BCUT2D eigenvalue weighted by atomic mass is 32.2. The number of aromatic nitrogens is 4. The van der Waals surface area contributed by atoms with Gasteiger partial charge in [-0.3, -0.25) is 10.1 Å². The number of para-hydroxylation sites is 2. The topological polar surface area (TPSA) is 176 Å². The number of hydrogen-bond acceptors (Lipinski definition) is 10. The molecule has 0 unspecified atom stereocenters. The van der Waals surface area contributed by atoms with Crippen LogP contribution in [0.5, 0.6) is 0 Å². The molecule has 46 heavy (non-hydrogen) atoms. The van der Waals surface area contributed by atoms with Gasteiger partial charge in [0.2, 0.25) is 15.9 Å². The number of nitrogens with one attached hydrogen (secondary N) is 1. The predicted molar refractivity (Wildman–Crippen MR) is 165 cm³/mol. The third-order valence-electron chi connectivity index (χ3n) is 7.59. The van der Waals surface area contributed by atoms with Crippen molar-refractivity contribution in [2.75, 3.05) is 13.1 Å². The molecule has 0 bridgehead atoms. The molecule has 246 valence electrons. The highest BCUT2D eigenvalue weighted by Gasteiger charge is 2.44. The van der Waals surface area contributed by atoms with Gasteiger partial charge in [-0.1, -0.05) is 38.1 Å². The smallest absolute Gasteiger partial charge is 0.407 e. The molecule has 2 heterocycles. The lowest BCUT2D eigenvalue weighted by atomic mass is 9.80. The van der Waals surface area contributed by atoms with Gasteiger partial charge in [0, 0.05) is 36.5 Å². The van der Waals surface area contributed by atoms with Crippen LogP contribution < -0.4 is 5.32 Å². The molecule has 1 saturated carbocycles. The second-order valence-electron chi connectivity index (χ2n) is 12.5. The van der Waals surface area contributed by atoms with Crippen LogP contribution in [-0.2, 0) is 14.8 Å². The molecular weight excluding hydrogens is 621 g/mol. The molecule has 1 aliphatic rings. The molecule has 5 rings (SSSR count). The first kappa shape index (κ1) is 32.9. The van der Waals surface area contributed by atoms with Gasteiger partial charge in [0.05, 0.1) is 10.6 Å². The molecule has 1 N–H and O–H groups in total. The van der Waals surface area contributed by atoms with Crippen LogP contribution in [0.1, 0.15) is 77.3 Å². The number of fused-ring (bicyclic) bond motifs is 1. The zero-order chi connectivity index (χ0) is 33.4. The van der Waals surface area contributed by atoms with E-state index < -0.39 is 49.1 Å². The maximum absolute atomic E-state index is 14.9. The number of ether oxygens (including phenoxy) is 1. The van der Waals surface area contributed by atoms with Crippen molar-refractivity contribution >= 4 is 32.7 Å². The van der Waals surface area contributed by atoms with Gasteiger partial charge in [0.1, 0.15) is 16.9 Å². The molecule has 0 radical (unpaired) electrons. The number of nitro groups is 1. The number of benzene rings is 2. The second-order valence-corrected chi connectivity index (χ2v) is 14.3. The SMILES string of the molecule is CC(C)c1nn(-c2noc(C3CC(N(CCCNC(=O)OC(C)(C)C)S(=O)(=O)c4ccccc4[N+](=O)[O-])C3)n2)c2c(F)cccc12. The van der Waals surface area contributed by atoms with Crippen molar-refractivity contribution in [2.45, 2.75) is 82.3 Å². The van der Waals surface area contributed by atoms with Gasteiger partial charge >= 0.3 is 6.09 Å². The third kappa shape index (κ3) is 6.72. The van der Waals surface area contributed by atoms with Crippen molar-refractivity contribution in [3.8, 4) is 5.95 Å². The number of nitro benzene ring substituents is 1. The normalized spacial score (nSPS) is 17.0. The first-order chi connectivity index (χ1) is 21.7. The van der Waals surface area contributed by atoms with Gasteiger partial charge in [-0.15, -0.1) is 0 Å². The number of carbonyl (C=O) groups excluding carboxylic acids is 1. The van der Waals surface area contributed by atoms with Crippen LogP contribution in [0.25, 0.3) is 16.9 Å². The highest BCUT2D eigenvalue weighted by Crippen LogP contribution is 2.42. The summed E-state index contributed by atoms with van der Waals surface area (Å²) in [7, 11) is -4.32. The second kappa shape index (κ2) is 12.7. The average Bonchev–Trinajstić information content (AvgIpc) is 3.58. The summed E-state index contributed by atoms with van der Waals surface area (Å²) < 4.78 is 55.9. The van der Waals surface area contributed by atoms with Gasteiger partial charge < -0.3 is 14.6 Å². The van der Waals surface area contributed by atoms with Crippen molar-refractivity contribution in [2.24, 2.45) is 0 Å². The Morgan fingerprint density at radius 2 is 1.93 bits per heavy atom. The number of rotatable bonds is 11. The Labute approximate surface area is 265 Å². The van der Waals surface area contributed by atoms with Crippen LogP contribution >= 0.6 is 0 Å². The molecule has 0 spiro atoms. The number of alkyl carbamates (subject to hydrolysis) is 1. The van der Waals surface area contributed by atoms with E-state index in [-0.39, 0.29) is 48.7 Å². The summed E-state index contributed by atoms with van der Waals surface area (Å²) >= 11 is 0. The number of hydrogen-bond donors (Lipinski definition) is 1. The maximum atomic E-state index is 14.9. The number of sulfonamides is 1. The minimum atomic E-state index is -4.32. The van der Waals surface area contributed by atoms with Crippen molar-refractivity contribution in [3.05, 3.63) is 70.0 Å². The van der Waals surface area contributed by atoms with Gasteiger partial charge in [0.15, 0.2) is 4.90 Å². The first-order valence-electron chi connectivity index (χ1n) is 14.9. The molecule has 1 aliphatic carbocycles. The van der Waals surface area contributed by atoms with E-state index in [2.05, 4.69) is 20.6 Å². The monoisotopic (exact) mass is 657 g/mol. The van der Waals surface area contributed by atoms with Crippen LogP contribution in [0.2, 0.25) is 0 Å². The minimum absolute atomic E-state index is 0.0111. The molecular formula is C30H36FN7O7S. The van der Waals surface area contributed by atoms with Crippen molar-refractivity contribution in [3.63, 3.8) is 0 Å². The molecule has 2 aromatic carbocycles. The summed E-state index contributed by atoms with van der Waals surface area (Å²) in [6.07, 6.45) is 0.182. The lowest BCUT2D eigenvalue weighted by Gasteiger charge is -2.40. The van der Waals surface area contributed by atoms with E-state index in [1.54, 1.807) is 32.9 Å². The minimum Gasteiger partial charge on any atom is -0.444 e. The Morgan fingerprint density at radius 1 is 1.22 bits per heavy atom. The third-order valence-corrected chi connectivity index (χ3v) is 9.59. The average molecular weight is 658 g/mol. The molecule has 1 amide bonds. The highest BCUT2D eigenvalue weighted by molar-refractivity contribution is 7.89. The maximum Gasteiger partial charge on any atom is 0.407 e. The van der Waals surface area contributed by atoms with Crippen LogP contribution in [0.4, 0.5) is 14.9 Å². The summed E-state index contributed by atoms with van der Waals surface area (Å²) in [5.74, 6) is -0.489. The van der Waals surface area contributed by atoms with Gasteiger partial charge in [-0.25, -0.2) is 17.6 Å². The summed E-state index contributed by atoms with van der Waals surface area (Å²) in [5, 5.41) is 23.5. The summed E-state index contributed by atoms with van der Waals surface area (Å²) in [6.45, 7) is 9.18. The van der Waals surface area contributed by atoms with Gasteiger partial charge in [0.25, 0.3) is 11.6 Å². The summed E-state index contributed by atoms with van der Waals surface area (Å²) in [4.78, 5) is 27.1. The van der Waals surface area contributed by atoms with E-state index in [0.717, 1.165) is 6.07 Å². The summed E-state index contributed by atoms with van der Waals surface area (Å²) in [6, 6.07) is 9.37. The fourth-order valence-corrected chi connectivity index (χ4v) is 7.26. The number of carbonyl (C=O) groups is 1. The fourth-order valence-electron chi connectivity index (χ4n) is 5.41. The molecule has 0 atom stereocenters. The Balaban J connectivity index is 1.35. The van der Waals surface area contributed by atoms with Gasteiger partial charge in [-0.2, -0.15) is 19.1 Å². The van der Waals surface area contributed by atoms with E-state index in [4.69, 9.17) is 9.26 Å². The molecule has 2 aromatic heterocycles. The Kier molecular flexibility index (Phi) is 9.13. The molecule has 0 aliphatic heterocycles. The predicted octanol–water partition coefficient (Wildman–Crippen LogP) is 5.43. The van der Waals surface area contributed by atoms with Crippen LogP contribution in [0.3, 0.4) is 0 Å². The summed E-state index contributed by atoms with van der Waals surface area (Å²) in [5.41, 5.74) is -0.319. The molecule has 4 aromatic rings. The molecule has 0 saturated heterocycles. The van der Waals surface area contributed by atoms with Crippen molar-refractivity contribution < 1.29 is 31.8 Å².